The van der Waals surface area contributed by atoms with Crippen LogP contribution in [0.5, 0.6) is 0 Å². The number of nitrogens with zero attached hydrogens (tertiary/aromatic N) is 2. The second kappa shape index (κ2) is 4.91. The number of aliphatic carboxylic acids is 1. The molecule has 19 heavy (non-hydrogen) atoms. The van der Waals surface area contributed by atoms with Gasteiger partial charge in [-0.2, -0.15) is 5.26 Å². The predicted octanol–water partition coefficient (Wildman–Crippen LogP) is 0.144. The zero-order valence-electron chi connectivity index (χ0n) is 9.36. The van der Waals surface area contributed by atoms with E-state index in [9.17, 15) is 19.5 Å². The molecule has 2 N–H and O–H groups in total. The Morgan fingerprint density at radius 1 is 1.53 bits per heavy atom. The molecule has 2 rings (SSSR count). The minimum atomic E-state index is -1.27. The molecule has 2 aromatic heterocycles. The highest BCUT2D eigenvalue weighted by Crippen LogP contribution is 2.22. The number of aromatic nitrogens is 2. The molecule has 0 spiro atoms. The predicted molar refractivity (Wildman–Crippen MR) is 66.1 cm³/mol. The average Bonchev–Trinajstić information content (AvgIpc) is 2.85. The highest BCUT2D eigenvalue weighted by atomic mass is 32.1. The van der Waals surface area contributed by atoms with Crippen LogP contribution in [0, 0.1) is 11.3 Å². The molecule has 0 radical (unpaired) electrons. The summed E-state index contributed by atoms with van der Waals surface area (Å²) >= 11 is 1.17. The van der Waals surface area contributed by atoms with Gasteiger partial charge in [0, 0.05) is 11.1 Å². The van der Waals surface area contributed by atoms with Crippen LogP contribution in [0.3, 0.4) is 0 Å². The molecule has 0 aromatic carbocycles. The lowest BCUT2D eigenvalue weighted by Gasteiger charge is -2.13. The molecule has 0 saturated heterocycles. The van der Waals surface area contributed by atoms with Crippen molar-refractivity contribution in [1.82, 2.24) is 9.55 Å². The molecule has 0 aliphatic rings. The van der Waals surface area contributed by atoms with Gasteiger partial charge < -0.3 is 5.11 Å². The van der Waals surface area contributed by atoms with E-state index in [0.29, 0.717) is 4.88 Å². The number of hydrogen-bond acceptors (Lipinski definition) is 5. The minimum absolute atomic E-state index is 0.317. The third-order valence-corrected chi connectivity index (χ3v) is 3.34. The summed E-state index contributed by atoms with van der Waals surface area (Å²) in [6, 6.07) is 3.55. The van der Waals surface area contributed by atoms with Crippen molar-refractivity contribution in [2.45, 2.75) is 6.04 Å². The molecular weight excluding hydrogens is 270 g/mol. The molecule has 8 heteroatoms. The number of aromatic amines is 1. The average molecular weight is 277 g/mol. The largest absolute Gasteiger partial charge is 0.479 e. The first-order valence-electron chi connectivity index (χ1n) is 5.06. The molecule has 2 heterocycles. The third-order valence-electron chi connectivity index (χ3n) is 2.41. The summed E-state index contributed by atoms with van der Waals surface area (Å²) in [6.45, 7) is 0. The van der Waals surface area contributed by atoms with Gasteiger partial charge in [-0.3, -0.25) is 14.3 Å². The fraction of sp³-hybridized carbons (Fsp3) is 0.0909. The van der Waals surface area contributed by atoms with Gasteiger partial charge in [-0.1, -0.05) is 6.07 Å². The number of carbonyl (C=O) groups is 1. The zero-order chi connectivity index (χ0) is 14.0. The maximum absolute atomic E-state index is 11.7. The van der Waals surface area contributed by atoms with Crippen LogP contribution in [0.15, 0.2) is 33.3 Å². The number of hydrogen-bond donors (Lipinski definition) is 2. The molecule has 0 aliphatic heterocycles. The van der Waals surface area contributed by atoms with Gasteiger partial charge in [0.15, 0.2) is 6.04 Å². The number of nitriles is 1. The molecule has 0 fully saturated rings. The number of carboxylic acids is 1. The summed E-state index contributed by atoms with van der Waals surface area (Å²) in [5.41, 5.74) is -2.02. The fourth-order valence-corrected chi connectivity index (χ4v) is 2.40. The monoisotopic (exact) mass is 277 g/mol. The van der Waals surface area contributed by atoms with Crippen LogP contribution in [0.25, 0.3) is 0 Å². The van der Waals surface area contributed by atoms with E-state index in [1.165, 1.54) is 11.3 Å². The maximum atomic E-state index is 11.7. The molecule has 2 aromatic rings. The van der Waals surface area contributed by atoms with Crippen LogP contribution in [0.2, 0.25) is 0 Å². The lowest BCUT2D eigenvalue weighted by Crippen LogP contribution is -2.36. The van der Waals surface area contributed by atoms with Gasteiger partial charge in [0.1, 0.15) is 11.6 Å². The Morgan fingerprint density at radius 2 is 2.26 bits per heavy atom. The van der Waals surface area contributed by atoms with Crippen LogP contribution in [-0.4, -0.2) is 20.6 Å². The Morgan fingerprint density at radius 3 is 2.79 bits per heavy atom. The van der Waals surface area contributed by atoms with E-state index in [1.807, 2.05) is 4.98 Å². The van der Waals surface area contributed by atoms with Crippen molar-refractivity contribution in [3.63, 3.8) is 0 Å². The number of rotatable bonds is 3. The number of nitrogens with one attached hydrogen (secondary N) is 1. The molecule has 7 nitrogen and oxygen atoms in total. The van der Waals surface area contributed by atoms with Crippen molar-refractivity contribution < 1.29 is 9.90 Å². The molecule has 96 valence electrons. The molecule has 1 unspecified atom stereocenters. The third kappa shape index (κ3) is 2.31. The molecule has 0 amide bonds. The van der Waals surface area contributed by atoms with Crippen LogP contribution in [-0.2, 0) is 4.79 Å². The lowest BCUT2D eigenvalue weighted by molar-refractivity contribution is -0.139. The van der Waals surface area contributed by atoms with E-state index in [4.69, 9.17) is 5.26 Å². The first kappa shape index (κ1) is 12.8. The first-order chi connectivity index (χ1) is 9.04. The molecular formula is C11H7N3O4S. The maximum Gasteiger partial charge on any atom is 0.332 e. The van der Waals surface area contributed by atoms with Crippen molar-refractivity contribution in [1.29, 1.82) is 5.26 Å². The summed E-state index contributed by atoms with van der Waals surface area (Å²) in [6.07, 6.45) is 0.958. The normalized spacial score (nSPS) is 11.7. The second-order valence-electron chi connectivity index (χ2n) is 3.58. The van der Waals surface area contributed by atoms with Crippen LogP contribution >= 0.6 is 11.3 Å². The number of thiophene rings is 1. The van der Waals surface area contributed by atoms with E-state index >= 15 is 0 Å². The molecule has 0 saturated carbocycles. The Balaban J connectivity index is 2.69. The van der Waals surface area contributed by atoms with E-state index in [2.05, 4.69) is 0 Å². The van der Waals surface area contributed by atoms with E-state index in [-0.39, 0.29) is 5.56 Å². The van der Waals surface area contributed by atoms with Gasteiger partial charge in [-0.25, -0.2) is 9.59 Å². The van der Waals surface area contributed by atoms with E-state index in [1.54, 1.807) is 23.6 Å². The number of H-pyrrole nitrogens is 1. The van der Waals surface area contributed by atoms with Gasteiger partial charge in [0.2, 0.25) is 0 Å². The van der Waals surface area contributed by atoms with Crippen LogP contribution in [0.1, 0.15) is 16.5 Å². The summed E-state index contributed by atoms with van der Waals surface area (Å²) in [5.74, 6) is -1.25. The quantitative estimate of drug-likeness (QED) is 0.828. The Bertz CT molecular complexity index is 766. The van der Waals surface area contributed by atoms with Gasteiger partial charge in [0.05, 0.1) is 0 Å². The van der Waals surface area contributed by atoms with E-state index < -0.39 is 23.3 Å². The van der Waals surface area contributed by atoms with Crippen LogP contribution in [0.4, 0.5) is 0 Å². The fourth-order valence-electron chi connectivity index (χ4n) is 1.58. The van der Waals surface area contributed by atoms with Crippen molar-refractivity contribution >= 4 is 17.3 Å². The SMILES string of the molecule is N#Cc1cn(C(C(=O)O)c2cccs2)c(=O)[nH]c1=O. The van der Waals surface area contributed by atoms with Crippen LogP contribution < -0.4 is 11.2 Å². The van der Waals surface area contributed by atoms with Crippen molar-refractivity contribution in [3.8, 4) is 6.07 Å². The van der Waals surface area contributed by atoms with Gasteiger partial charge >= 0.3 is 11.7 Å². The number of carboxylic acid groups (broad SMARTS) is 1. The Labute approximate surface area is 110 Å². The zero-order valence-corrected chi connectivity index (χ0v) is 10.2. The highest BCUT2D eigenvalue weighted by molar-refractivity contribution is 7.10. The van der Waals surface area contributed by atoms with Crippen molar-refractivity contribution in [2.75, 3.05) is 0 Å². The highest BCUT2D eigenvalue weighted by Gasteiger charge is 2.24. The summed E-state index contributed by atoms with van der Waals surface area (Å²) in [5, 5.41) is 19.7. The standard InChI is InChI=1S/C11H7N3O4S/c12-4-6-5-14(11(18)13-9(6)15)8(10(16)17)7-2-1-3-19-7/h1-3,5,8H,(H,16,17)(H,13,15,18). The van der Waals surface area contributed by atoms with Crippen molar-refractivity contribution in [2.24, 2.45) is 0 Å². The first-order valence-corrected chi connectivity index (χ1v) is 5.94. The summed E-state index contributed by atoms with van der Waals surface area (Å²) in [4.78, 5) is 36.6. The molecule has 0 aliphatic carbocycles. The summed E-state index contributed by atoms with van der Waals surface area (Å²) < 4.78 is 0.827. The molecule has 0 bridgehead atoms. The van der Waals surface area contributed by atoms with E-state index in [0.717, 1.165) is 10.8 Å². The minimum Gasteiger partial charge on any atom is -0.479 e. The lowest BCUT2D eigenvalue weighted by atomic mass is 10.2. The van der Waals surface area contributed by atoms with Gasteiger partial charge in [0.25, 0.3) is 5.56 Å². The Hall–Kier alpha value is -2.66. The smallest absolute Gasteiger partial charge is 0.332 e. The Kier molecular flexibility index (Phi) is 3.31. The second-order valence-corrected chi connectivity index (χ2v) is 4.56. The van der Waals surface area contributed by atoms with Gasteiger partial charge in [-0.15, -0.1) is 11.3 Å². The topological polar surface area (TPSA) is 116 Å². The summed E-state index contributed by atoms with van der Waals surface area (Å²) in [7, 11) is 0. The van der Waals surface area contributed by atoms with Gasteiger partial charge in [-0.05, 0) is 11.4 Å². The van der Waals surface area contributed by atoms with Crippen molar-refractivity contribution in [3.05, 3.63) is 55.0 Å². The molecule has 1 atom stereocenters.